The number of carboxylic acid groups (broad SMARTS) is 2. The van der Waals surface area contributed by atoms with Crippen LogP contribution in [0.25, 0.3) is 22.3 Å². The van der Waals surface area contributed by atoms with E-state index >= 15 is 0 Å². The van der Waals surface area contributed by atoms with Crippen LogP contribution in [0.3, 0.4) is 0 Å². The molecule has 0 fully saturated rings. The second-order valence-electron chi connectivity index (χ2n) is 15.5. The third-order valence-electron chi connectivity index (χ3n) is 10.9. The van der Waals surface area contributed by atoms with Crippen molar-refractivity contribution in [2.24, 2.45) is 0 Å². The van der Waals surface area contributed by atoms with Crippen LogP contribution in [0.5, 0.6) is 34.5 Å². The summed E-state index contributed by atoms with van der Waals surface area (Å²) in [5.41, 5.74) is 5.47. The monoisotopic (exact) mass is 862 g/mol. The quantitative estimate of drug-likeness (QED) is 0.0418. The SMILES string of the molecule is CC(C)(c1ccc(Oc2ccc(OOCc3ccc(-c4ccccc4)cc3C(=O)O)cc2)cc1)c1ccc(Oc2ccc(OC(=O)c3ccc(-c4ccccc4)cc3C(=O)O)cc2)cc1. The fraction of sp³-hybridized carbons (Fsp3) is 0.0727. The van der Waals surface area contributed by atoms with Crippen molar-refractivity contribution >= 4 is 17.9 Å². The third kappa shape index (κ3) is 10.4. The van der Waals surface area contributed by atoms with E-state index in [1.165, 1.54) is 12.1 Å². The highest BCUT2D eigenvalue weighted by Crippen LogP contribution is 2.35. The number of esters is 1. The summed E-state index contributed by atoms with van der Waals surface area (Å²) < 4.78 is 17.7. The fourth-order valence-corrected chi connectivity index (χ4v) is 7.20. The number of aromatic carboxylic acids is 2. The van der Waals surface area contributed by atoms with Crippen molar-refractivity contribution in [1.82, 2.24) is 0 Å². The molecule has 0 radical (unpaired) electrons. The highest BCUT2D eigenvalue weighted by atomic mass is 17.2. The molecule has 65 heavy (non-hydrogen) atoms. The number of carbonyl (C=O) groups is 3. The van der Waals surface area contributed by atoms with Crippen molar-refractivity contribution in [3.63, 3.8) is 0 Å². The molecule has 0 spiro atoms. The molecule has 2 N–H and O–H groups in total. The molecule has 0 aliphatic rings. The van der Waals surface area contributed by atoms with E-state index in [4.69, 9.17) is 24.0 Å². The summed E-state index contributed by atoms with van der Waals surface area (Å²) in [6.45, 7) is 4.22. The van der Waals surface area contributed by atoms with Gasteiger partial charge in [0.15, 0.2) is 5.75 Å². The van der Waals surface area contributed by atoms with Gasteiger partial charge < -0.3 is 29.3 Å². The minimum atomic E-state index is -1.23. The molecule has 8 aromatic carbocycles. The second kappa shape index (κ2) is 19.3. The lowest BCUT2D eigenvalue weighted by atomic mass is 9.78. The van der Waals surface area contributed by atoms with Gasteiger partial charge in [-0.1, -0.05) is 117 Å². The molecule has 0 saturated carbocycles. The smallest absolute Gasteiger partial charge is 0.344 e. The zero-order chi connectivity index (χ0) is 45.3. The van der Waals surface area contributed by atoms with Crippen LogP contribution in [0, 0.1) is 0 Å². The van der Waals surface area contributed by atoms with Gasteiger partial charge in [-0.15, -0.1) is 0 Å². The van der Waals surface area contributed by atoms with Crippen LogP contribution in [-0.4, -0.2) is 28.1 Å². The van der Waals surface area contributed by atoms with E-state index in [0.717, 1.165) is 27.8 Å². The minimum absolute atomic E-state index is 0.0507. The van der Waals surface area contributed by atoms with Gasteiger partial charge in [-0.05, 0) is 130 Å². The first-order valence-corrected chi connectivity index (χ1v) is 20.6. The van der Waals surface area contributed by atoms with Crippen LogP contribution in [0.2, 0.25) is 0 Å². The fourth-order valence-electron chi connectivity index (χ4n) is 7.20. The number of hydrogen-bond acceptors (Lipinski definition) is 8. The minimum Gasteiger partial charge on any atom is -0.478 e. The molecule has 8 aromatic rings. The Bertz CT molecular complexity index is 2930. The van der Waals surface area contributed by atoms with Crippen LogP contribution in [0.1, 0.15) is 61.6 Å². The van der Waals surface area contributed by atoms with Crippen LogP contribution in [0.15, 0.2) is 194 Å². The summed E-state index contributed by atoms with van der Waals surface area (Å²) in [4.78, 5) is 48.0. The van der Waals surface area contributed by atoms with Crippen LogP contribution in [-0.2, 0) is 16.9 Å². The van der Waals surface area contributed by atoms with Crippen LogP contribution in [0.4, 0.5) is 0 Å². The summed E-state index contributed by atoms with van der Waals surface area (Å²) in [6.07, 6.45) is 0. The van der Waals surface area contributed by atoms with E-state index in [-0.39, 0.29) is 34.5 Å². The van der Waals surface area contributed by atoms with Gasteiger partial charge in [0.2, 0.25) is 0 Å². The molecule has 0 amide bonds. The normalized spacial score (nSPS) is 11.0. The Morgan fingerprint density at radius 1 is 0.431 bits per heavy atom. The maximum Gasteiger partial charge on any atom is 0.344 e. The summed E-state index contributed by atoms with van der Waals surface area (Å²) in [7, 11) is 0. The molecule has 0 aliphatic heterocycles. The van der Waals surface area contributed by atoms with Gasteiger partial charge in [0, 0.05) is 5.41 Å². The molecular weight excluding hydrogens is 821 g/mol. The average molecular weight is 863 g/mol. The van der Waals surface area contributed by atoms with Gasteiger partial charge in [0.25, 0.3) is 0 Å². The number of ether oxygens (including phenoxy) is 3. The highest BCUT2D eigenvalue weighted by Gasteiger charge is 2.24. The van der Waals surface area contributed by atoms with E-state index < -0.39 is 17.9 Å². The Balaban J connectivity index is 0.823. The zero-order valence-electron chi connectivity index (χ0n) is 35.3. The molecule has 322 valence electrons. The average Bonchev–Trinajstić information content (AvgIpc) is 3.33. The maximum absolute atomic E-state index is 13.0. The van der Waals surface area contributed by atoms with Gasteiger partial charge in [-0.2, -0.15) is 4.89 Å². The molecule has 0 aromatic heterocycles. The predicted molar refractivity (Wildman–Crippen MR) is 246 cm³/mol. The Labute approximate surface area is 375 Å². The Hall–Kier alpha value is -8.47. The Morgan fingerprint density at radius 3 is 1.32 bits per heavy atom. The van der Waals surface area contributed by atoms with E-state index in [1.54, 1.807) is 66.7 Å². The van der Waals surface area contributed by atoms with Gasteiger partial charge in [-0.3, -0.25) is 0 Å². The van der Waals surface area contributed by atoms with E-state index in [1.807, 2.05) is 115 Å². The largest absolute Gasteiger partial charge is 0.478 e. The Kier molecular flexibility index (Phi) is 12.8. The molecule has 10 heteroatoms. The molecule has 0 unspecified atom stereocenters. The van der Waals surface area contributed by atoms with E-state index in [9.17, 15) is 24.6 Å². The third-order valence-corrected chi connectivity index (χ3v) is 10.9. The molecule has 0 aliphatic carbocycles. The van der Waals surface area contributed by atoms with Gasteiger partial charge in [0.1, 0.15) is 35.4 Å². The second-order valence-corrected chi connectivity index (χ2v) is 15.5. The lowest BCUT2D eigenvalue weighted by Gasteiger charge is -2.26. The van der Waals surface area contributed by atoms with Crippen molar-refractivity contribution in [2.45, 2.75) is 25.9 Å². The first-order valence-electron chi connectivity index (χ1n) is 20.6. The van der Waals surface area contributed by atoms with Crippen molar-refractivity contribution < 1.29 is 48.6 Å². The summed E-state index contributed by atoms with van der Waals surface area (Å²) in [5.74, 6) is 0.0150. The molecule has 0 bridgehead atoms. The van der Waals surface area contributed by atoms with E-state index in [2.05, 4.69) is 13.8 Å². The number of hydrogen-bond donors (Lipinski definition) is 2. The van der Waals surface area contributed by atoms with Crippen molar-refractivity contribution in [1.29, 1.82) is 0 Å². The highest BCUT2D eigenvalue weighted by molar-refractivity contribution is 6.04. The van der Waals surface area contributed by atoms with E-state index in [0.29, 0.717) is 39.9 Å². The maximum atomic E-state index is 13.0. The first kappa shape index (κ1) is 43.2. The molecular formula is C55H42O10. The lowest BCUT2D eigenvalue weighted by molar-refractivity contribution is -0.217. The number of benzene rings is 8. The van der Waals surface area contributed by atoms with Crippen molar-refractivity contribution in [3.05, 3.63) is 228 Å². The molecule has 0 saturated heterocycles. The first-order chi connectivity index (χ1) is 31.5. The zero-order valence-corrected chi connectivity index (χ0v) is 35.3. The Morgan fingerprint density at radius 2 is 0.846 bits per heavy atom. The standard InChI is InChI=1S/C55H42O10/c1-55(2,41-16-20-43(21-17-41)62-45-24-26-47(27-25-45)64-54(60)49-32-15-39(34-51(49)53(58)59)37-11-7-4-8-12-37)42-18-22-44(23-19-42)63-46-28-30-48(31-29-46)65-61-35-40-14-13-38(33-50(40)52(56)57)36-9-5-3-6-10-36/h3-34H,35H2,1-2H3,(H,56,57)(H,58,59). The molecule has 0 heterocycles. The molecule has 8 rings (SSSR count). The van der Waals surface area contributed by atoms with Gasteiger partial charge in [-0.25, -0.2) is 14.4 Å². The van der Waals surface area contributed by atoms with Gasteiger partial charge in [0.05, 0.1) is 16.7 Å². The predicted octanol–water partition coefficient (Wildman–Crippen LogP) is 13.1. The molecule has 0 atom stereocenters. The van der Waals surface area contributed by atoms with Crippen molar-refractivity contribution in [2.75, 3.05) is 0 Å². The summed E-state index contributed by atoms with van der Waals surface area (Å²) in [5, 5.41) is 19.6. The summed E-state index contributed by atoms with van der Waals surface area (Å²) in [6, 6.07) is 57.9. The van der Waals surface area contributed by atoms with Gasteiger partial charge >= 0.3 is 17.9 Å². The van der Waals surface area contributed by atoms with Crippen LogP contribution >= 0.6 is 0 Å². The lowest BCUT2D eigenvalue weighted by Crippen LogP contribution is -2.18. The van der Waals surface area contributed by atoms with Crippen LogP contribution < -0.4 is 19.1 Å². The number of carbonyl (C=O) groups excluding carboxylic acids is 1. The number of carboxylic acids is 2. The summed E-state index contributed by atoms with van der Waals surface area (Å²) >= 11 is 0. The number of rotatable bonds is 16. The topological polar surface area (TPSA) is 138 Å². The van der Waals surface area contributed by atoms with Crippen molar-refractivity contribution in [3.8, 4) is 56.8 Å². The molecule has 10 nitrogen and oxygen atoms in total.